The third kappa shape index (κ3) is 5.10. The zero-order valence-corrected chi connectivity index (χ0v) is 13.9. The van der Waals surface area contributed by atoms with Crippen LogP contribution in [0.4, 0.5) is 8.78 Å². The molecule has 0 aliphatic rings. The van der Waals surface area contributed by atoms with E-state index in [4.69, 9.17) is 0 Å². The van der Waals surface area contributed by atoms with E-state index in [1.54, 1.807) is 0 Å². The van der Waals surface area contributed by atoms with Crippen molar-refractivity contribution in [3.8, 4) is 0 Å². The molecule has 146 valence electrons. The van der Waals surface area contributed by atoms with Crippen LogP contribution < -0.4 is 0 Å². The number of ether oxygens (including phenoxy) is 2. The normalized spacial score (nSPS) is 12.5. The van der Waals surface area contributed by atoms with Gasteiger partial charge in [0, 0.05) is 0 Å². The molecule has 0 aromatic heterocycles. The lowest BCUT2D eigenvalue weighted by Gasteiger charge is -2.21. The summed E-state index contributed by atoms with van der Waals surface area (Å²) in [7, 11) is 0. The quantitative estimate of drug-likeness (QED) is 0.682. The Morgan fingerprint density at radius 3 is 1.18 bits per heavy atom. The molecule has 2 rings (SSSR count). The number of hydrogen-bond donors (Lipinski definition) is 2. The zero-order valence-electron chi connectivity index (χ0n) is 13.9. The molecule has 2 unspecified atom stereocenters. The van der Waals surface area contributed by atoms with E-state index in [2.05, 4.69) is 9.47 Å². The van der Waals surface area contributed by atoms with Crippen molar-refractivity contribution < 1.29 is 47.6 Å². The van der Waals surface area contributed by atoms with Gasteiger partial charge in [0.05, 0.1) is 11.1 Å². The largest absolute Gasteiger partial charge is 0.478 e. The Morgan fingerprint density at radius 1 is 0.643 bits per heavy atom. The van der Waals surface area contributed by atoms with Gasteiger partial charge in [0.2, 0.25) is 12.2 Å². The first-order valence-corrected chi connectivity index (χ1v) is 7.57. The fourth-order valence-electron chi connectivity index (χ4n) is 2.02. The molecule has 0 aliphatic carbocycles. The van der Waals surface area contributed by atoms with Crippen LogP contribution in [0.3, 0.4) is 0 Å². The summed E-state index contributed by atoms with van der Waals surface area (Å²) in [4.78, 5) is 46.8. The van der Waals surface area contributed by atoms with Crippen LogP contribution in [0.1, 0.15) is 20.7 Å². The van der Waals surface area contributed by atoms with Crippen LogP contribution in [0.15, 0.2) is 48.5 Å². The Bertz CT molecular complexity index is 817. The highest BCUT2D eigenvalue weighted by Gasteiger charge is 2.41. The van der Waals surface area contributed by atoms with Gasteiger partial charge in [0.1, 0.15) is 11.6 Å². The first-order chi connectivity index (χ1) is 13.2. The highest BCUT2D eigenvalue weighted by Crippen LogP contribution is 2.14. The molecular formula is C18H12F2O8. The SMILES string of the molecule is O=C(OC(C(=O)O)C(OC(=O)c1ccc(F)cc1)C(=O)O)c1ccc(F)cc1. The molecule has 10 heteroatoms. The molecule has 2 aromatic carbocycles. The molecule has 0 radical (unpaired) electrons. The van der Waals surface area contributed by atoms with E-state index in [9.17, 15) is 38.2 Å². The third-order valence-corrected chi connectivity index (χ3v) is 3.39. The predicted molar refractivity (Wildman–Crippen MR) is 86.5 cm³/mol. The van der Waals surface area contributed by atoms with Crippen molar-refractivity contribution in [3.05, 3.63) is 71.3 Å². The minimum Gasteiger partial charge on any atom is -0.478 e. The summed E-state index contributed by atoms with van der Waals surface area (Å²) in [6.45, 7) is 0. The van der Waals surface area contributed by atoms with Crippen LogP contribution in [-0.2, 0) is 19.1 Å². The van der Waals surface area contributed by atoms with E-state index in [1.807, 2.05) is 0 Å². The van der Waals surface area contributed by atoms with Crippen molar-refractivity contribution in [3.63, 3.8) is 0 Å². The predicted octanol–water partition coefficient (Wildman–Crippen LogP) is 1.88. The van der Waals surface area contributed by atoms with Gasteiger partial charge in [-0.3, -0.25) is 0 Å². The molecule has 0 saturated heterocycles. The maximum absolute atomic E-state index is 12.9. The van der Waals surface area contributed by atoms with Gasteiger partial charge in [0.25, 0.3) is 0 Å². The fourth-order valence-corrected chi connectivity index (χ4v) is 2.02. The summed E-state index contributed by atoms with van der Waals surface area (Å²) in [5.41, 5.74) is -0.497. The Kier molecular flexibility index (Phi) is 6.38. The van der Waals surface area contributed by atoms with Crippen molar-refractivity contribution >= 4 is 23.9 Å². The number of carbonyl (C=O) groups excluding carboxylic acids is 2. The van der Waals surface area contributed by atoms with E-state index in [1.165, 1.54) is 0 Å². The summed E-state index contributed by atoms with van der Waals surface area (Å²) >= 11 is 0. The molecule has 0 heterocycles. The molecule has 28 heavy (non-hydrogen) atoms. The number of hydrogen-bond acceptors (Lipinski definition) is 6. The summed E-state index contributed by atoms with van der Waals surface area (Å²) in [6, 6.07) is 7.64. The van der Waals surface area contributed by atoms with Crippen LogP contribution in [0.5, 0.6) is 0 Å². The number of carboxylic acids is 2. The van der Waals surface area contributed by atoms with Crippen LogP contribution in [0.2, 0.25) is 0 Å². The second-order valence-electron chi connectivity index (χ2n) is 5.34. The number of carboxylic acid groups (broad SMARTS) is 2. The Balaban J connectivity index is 2.21. The molecule has 8 nitrogen and oxygen atoms in total. The monoisotopic (exact) mass is 394 g/mol. The van der Waals surface area contributed by atoms with Gasteiger partial charge < -0.3 is 19.7 Å². The van der Waals surface area contributed by atoms with E-state index >= 15 is 0 Å². The molecular weight excluding hydrogens is 382 g/mol. The number of carbonyl (C=O) groups is 4. The highest BCUT2D eigenvalue weighted by atomic mass is 19.1. The average molecular weight is 394 g/mol. The van der Waals surface area contributed by atoms with Crippen molar-refractivity contribution in [2.24, 2.45) is 0 Å². The maximum Gasteiger partial charge on any atom is 0.349 e. The van der Waals surface area contributed by atoms with Crippen molar-refractivity contribution in [1.29, 1.82) is 0 Å². The molecule has 0 fully saturated rings. The summed E-state index contributed by atoms with van der Waals surface area (Å²) in [5, 5.41) is 18.4. The van der Waals surface area contributed by atoms with Crippen molar-refractivity contribution in [2.45, 2.75) is 12.2 Å². The summed E-state index contributed by atoms with van der Waals surface area (Å²) in [5.74, 6) is -7.65. The number of benzene rings is 2. The van der Waals surface area contributed by atoms with E-state index in [0.717, 1.165) is 48.5 Å². The molecule has 0 aliphatic heterocycles. The first kappa shape index (κ1) is 20.5. The van der Waals surface area contributed by atoms with Gasteiger partial charge in [-0.05, 0) is 48.5 Å². The first-order valence-electron chi connectivity index (χ1n) is 7.57. The lowest BCUT2D eigenvalue weighted by Crippen LogP contribution is -2.45. The number of halogens is 2. The Labute approximate surface area is 155 Å². The smallest absolute Gasteiger partial charge is 0.349 e. The van der Waals surface area contributed by atoms with Gasteiger partial charge in [-0.1, -0.05) is 0 Å². The van der Waals surface area contributed by atoms with Crippen LogP contribution in [0, 0.1) is 11.6 Å². The summed E-state index contributed by atoms with van der Waals surface area (Å²) in [6.07, 6.45) is -4.78. The second kappa shape index (κ2) is 8.71. The molecule has 2 aromatic rings. The number of rotatable bonds is 7. The van der Waals surface area contributed by atoms with Crippen LogP contribution in [0.25, 0.3) is 0 Å². The van der Waals surface area contributed by atoms with Gasteiger partial charge in [-0.2, -0.15) is 0 Å². The Hall–Kier alpha value is -3.82. The second-order valence-corrected chi connectivity index (χ2v) is 5.34. The molecule has 0 saturated carbocycles. The van der Waals surface area contributed by atoms with Gasteiger partial charge in [-0.25, -0.2) is 28.0 Å². The maximum atomic E-state index is 12.9. The molecule has 2 N–H and O–H groups in total. The Morgan fingerprint density at radius 2 is 0.929 bits per heavy atom. The number of aliphatic carboxylic acids is 2. The fraction of sp³-hybridized carbons (Fsp3) is 0.111. The lowest BCUT2D eigenvalue weighted by atomic mass is 10.1. The van der Waals surface area contributed by atoms with Crippen LogP contribution >= 0.6 is 0 Å². The van der Waals surface area contributed by atoms with Gasteiger partial charge in [-0.15, -0.1) is 0 Å². The molecule has 0 bridgehead atoms. The summed E-state index contributed by atoms with van der Waals surface area (Å²) < 4.78 is 35.1. The third-order valence-electron chi connectivity index (χ3n) is 3.39. The van der Waals surface area contributed by atoms with E-state index in [0.29, 0.717) is 0 Å². The molecule has 0 spiro atoms. The van der Waals surface area contributed by atoms with Crippen molar-refractivity contribution in [2.75, 3.05) is 0 Å². The zero-order chi connectivity index (χ0) is 20.8. The van der Waals surface area contributed by atoms with E-state index in [-0.39, 0.29) is 11.1 Å². The van der Waals surface area contributed by atoms with Crippen LogP contribution in [-0.4, -0.2) is 46.3 Å². The number of esters is 2. The van der Waals surface area contributed by atoms with Crippen molar-refractivity contribution in [1.82, 2.24) is 0 Å². The topological polar surface area (TPSA) is 127 Å². The minimum absolute atomic E-state index is 0.248. The molecule has 0 amide bonds. The van der Waals surface area contributed by atoms with Gasteiger partial charge >= 0.3 is 23.9 Å². The average Bonchev–Trinajstić information content (AvgIpc) is 2.64. The van der Waals surface area contributed by atoms with E-state index < -0.39 is 47.7 Å². The highest BCUT2D eigenvalue weighted by molar-refractivity contribution is 5.95. The standard InChI is InChI=1S/C18H12F2O8/c19-11-5-1-9(2-6-11)17(25)27-13(15(21)22)14(16(23)24)28-18(26)10-3-7-12(20)8-4-10/h1-8,13-14H,(H,21,22)(H,23,24). The minimum atomic E-state index is -2.39. The molecule has 2 atom stereocenters. The van der Waals surface area contributed by atoms with Gasteiger partial charge in [0.15, 0.2) is 0 Å². The lowest BCUT2D eigenvalue weighted by molar-refractivity contribution is -0.166.